The maximum atomic E-state index is 11.8. The molecule has 132 valence electrons. The van der Waals surface area contributed by atoms with Crippen molar-refractivity contribution < 1.29 is 4.42 Å². The second-order valence-electron chi connectivity index (χ2n) is 5.51. The van der Waals surface area contributed by atoms with Gasteiger partial charge >= 0.3 is 5.63 Å². The normalized spacial score (nSPS) is 11.3. The largest absolute Gasteiger partial charge is 0.423 e. The van der Waals surface area contributed by atoms with Crippen LogP contribution in [0.4, 0.5) is 0 Å². The Kier molecular flexibility index (Phi) is 6.44. The molecule has 0 spiro atoms. The van der Waals surface area contributed by atoms with Crippen LogP contribution in [0.15, 0.2) is 36.1 Å². The third-order valence-electron chi connectivity index (χ3n) is 3.57. The van der Waals surface area contributed by atoms with Gasteiger partial charge in [-0.2, -0.15) is 0 Å². The van der Waals surface area contributed by atoms with Gasteiger partial charge in [-0.25, -0.2) is 4.79 Å². The van der Waals surface area contributed by atoms with E-state index in [1.54, 1.807) is 40.9 Å². The van der Waals surface area contributed by atoms with E-state index in [0.717, 1.165) is 30.9 Å². The molecule has 2 aromatic heterocycles. The minimum absolute atomic E-state index is 0.349. The van der Waals surface area contributed by atoms with Crippen LogP contribution >= 0.6 is 46.5 Å². The van der Waals surface area contributed by atoms with Crippen LogP contribution in [-0.4, -0.2) is 16.0 Å². The van der Waals surface area contributed by atoms with E-state index >= 15 is 0 Å². The summed E-state index contributed by atoms with van der Waals surface area (Å²) in [6, 6.07) is 5.19. The summed E-state index contributed by atoms with van der Waals surface area (Å²) in [5.74, 6) is 1.69. The highest BCUT2D eigenvalue weighted by atomic mass is 35.5. The number of hydrogen-bond acceptors (Lipinski definition) is 7. The molecule has 0 aliphatic carbocycles. The first kappa shape index (κ1) is 18.8. The van der Waals surface area contributed by atoms with Gasteiger partial charge in [0.2, 0.25) is 0 Å². The highest BCUT2D eigenvalue weighted by Crippen LogP contribution is 2.33. The Balaban J connectivity index is 1.77. The van der Waals surface area contributed by atoms with E-state index in [1.807, 2.05) is 13.0 Å². The fraction of sp³-hybridized carbons (Fsp3) is 0.353. The van der Waals surface area contributed by atoms with Gasteiger partial charge < -0.3 is 4.42 Å². The van der Waals surface area contributed by atoms with Crippen LogP contribution in [0.25, 0.3) is 11.0 Å². The summed E-state index contributed by atoms with van der Waals surface area (Å²) < 4.78 is 7.19. The Morgan fingerprint density at radius 3 is 2.72 bits per heavy atom. The Bertz CT molecular complexity index is 939. The van der Waals surface area contributed by atoms with E-state index in [0.29, 0.717) is 16.4 Å². The zero-order chi connectivity index (χ0) is 17.8. The number of nitrogens with zero attached hydrogens (tertiary/aromatic N) is 2. The molecule has 0 amide bonds. The number of hydrogen-bond donors (Lipinski definition) is 0. The molecular formula is C17H17ClN2O2S3. The van der Waals surface area contributed by atoms with Crippen LogP contribution in [-0.2, 0) is 5.75 Å². The number of unbranched alkanes of at least 4 members (excludes halogenated alkanes) is 1. The van der Waals surface area contributed by atoms with Gasteiger partial charge in [0.05, 0.1) is 0 Å². The lowest BCUT2D eigenvalue weighted by molar-refractivity contribution is 0.559. The molecular weight excluding hydrogens is 396 g/mol. The van der Waals surface area contributed by atoms with Gasteiger partial charge in [0.15, 0.2) is 8.68 Å². The van der Waals surface area contributed by atoms with Crippen molar-refractivity contribution in [2.75, 3.05) is 5.75 Å². The van der Waals surface area contributed by atoms with Crippen molar-refractivity contribution in [3.05, 3.63) is 44.8 Å². The second-order valence-corrected chi connectivity index (χ2v) is 9.46. The Hall–Kier alpha value is -1.02. The lowest BCUT2D eigenvalue weighted by Crippen LogP contribution is -2.00. The summed E-state index contributed by atoms with van der Waals surface area (Å²) in [5.41, 5.74) is 2.00. The molecule has 3 aromatic rings. The average Bonchev–Trinajstić information content (AvgIpc) is 3.02. The van der Waals surface area contributed by atoms with E-state index < -0.39 is 0 Å². The van der Waals surface area contributed by atoms with Crippen molar-refractivity contribution in [3.8, 4) is 0 Å². The number of rotatable bonds is 7. The molecule has 0 aliphatic heterocycles. The van der Waals surface area contributed by atoms with Gasteiger partial charge in [0, 0.05) is 28.0 Å². The number of aromatic nitrogens is 2. The topological polar surface area (TPSA) is 56.0 Å². The summed E-state index contributed by atoms with van der Waals surface area (Å²) in [6.45, 7) is 4.07. The van der Waals surface area contributed by atoms with Crippen LogP contribution in [0.1, 0.15) is 30.9 Å². The van der Waals surface area contributed by atoms with Crippen LogP contribution in [0.5, 0.6) is 0 Å². The number of fused-ring (bicyclic) bond motifs is 1. The Labute approximate surface area is 163 Å². The van der Waals surface area contributed by atoms with Crippen molar-refractivity contribution in [1.82, 2.24) is 10.2 Å². The molecule has 0 aliphatic rings. The minimum atomic E-state index is -0.349. The van der Waals surface area contributed by atoms with Gasteiger partial charge in [-0.05, 0) is 36.6 Å². The Morgan fingerprint density at radius 2 is 1.96 bits per heavy atom. The zero-order valence-corrected chi connectivity index (χ0v) is 17.1. The van der Waals surface area contributed by atoms with Crippen LogP contribution < -0.4 is 5.63 Å². The van der Waals surface area contributed by atoms with Crippen molar-refractivity contribution in [2.45, 2.75) is 41.1 Å². The average molecular weight is 413 g/mol. The highest BCUT2D eigenvalue weighted by Gasteiger charge is 2.11. The molecule has 3 rings (SSSR count). The second kappa shape index (κ2) is 8.58. The molecule has 0 radical (unpaired) electrons. The minimum Gasteiger partial charge on any atom is -0.423 e. The fourth-order valence-corrected chi connectivity index (χ4v) is 5.55. The fourth-order valence-electron chi connectivity index (χ4n) is 2.22. The monoisotopic (exact) mass is 412 g/mol. The molecule has 25 heavy (non-hydrogen) atoms. The molecule has 4 nitrogen and oxygen atoms in total. The van der Waals surface area contributed by atoms with Crippen LogP contribution in [0.2, 0.25) is 5.02 Å². The number of halogens is 1. The standard InChI is InChI=1S/C17H17ClN2O2S3/c1-3-4-5-23-16-19-20-17(25-16)24-9-11-7-15(21)22-14-6-10(2)13(18)8-12(11)14/h6-8H,3-5,9H2,1-2H3. The van der Waals surface area contributed by atoms with Crippen molar-refractivity contribution in [3.63, 3.8) is 0 Å². The number of benzene rings is 1. The molecule has 0 atom stereocenters. The van der Waals surface area contributed by atoms with E-state index in [4.69, 9.17) is 16.0 Å². The van der Waals surface area contributed by atoms with Gasteiger partial charge in [-0.15, -0.1) is 10.2 Å². The third kappa shape index (κ3) is 4.78. The summed E-state index contributed by atoms with van der Waals surface area (Å²) in [5, 5.41) is 9.97. The summed E-state index contributed by atoms with van der Waals surface area (Å²) >= 11 is 11.1. The molecule has 0 bridgehead atoms. The summed E-state index contributed by atoms with van der Waals surface area (Å²) in [7, 11) is 0. The summed E-state index contributed by atoms with van der Waals surface area (Å²) in [4.78, 5) is 11.8. The van der Waals surface area contributed by atoms with Crippen LogP contribution in [0, 0.1) is 6.92 Å². The Morgan fingerprint density at radius 1 is 1.20 bits per heavy atom. The lowest BCUT2D eigenvalue weighted by Gasteiger charge is -2.06. The first-order chi connectivity index (χ1) is 12.1. The van der Waals surface area contributed by atoms with Gasteiger partial charge in [-0.1, -0.05) is 59.8 Å². The van der Waals surface area contributed by atoms with Gasteiger partial charge in [0.1, 0.15) is 5.58 Å². The molecule has 8 heteroatoms. The zero-order valence-electron chi connectivity index (χ0n) is 13.9. The van der Waals surface area contributed by atoms with E-state index in [-0.39, 0.29) is 5.63 Å². The molecule has 0 unspecified atom stereocenters. The molecule has 1 aromatic carbocycles. The van der Waals surface area contributed by atoms with E-state index in [2.05, 4.69) is 17.1 Å². The van der Waals surface area contributed by atoms with Crippen molar-refractivity contribution in [1.29, 1.82) is 0 Å². The molecule has 2 heterocycles. The predicted molar refractivity (Wildman–Crippen MR) is 107 cm³/mol. The molecule has 0 N–H and O–H groups in total. The maximum absolute atomic E-state index is 11.8. The molecule has 0 saturated carbocycles. The van der Waals surface area contributed by atoms with Gasteiger partial charge in [-0.3, -0.25) is 0 Å². The van der Waals surface area contributed by atoms with Crippen molar-refractivity contribution in [2.24, 2.45) is 0 Å². The summed E-state index contributed by atoms with van der Waals surface area (Å²) in [6.07, 6.45) is 2.36. The SMILES string of the molecule is CCCCSc1nnc(SCc2cc(=O)oc3cc(C)c(Cl)cc23)s1. The molecule has 0 fully saturated rings. The highest BCUT2D eigenvalue weighted by molar-refractivity contribution is 8.02. The predicted octanol–water partition coefficient (Wildman–Crippen LogP) is 5.79. The van der Waals surface area contributed by atoms with E-state index in [1.165, 1.54) is 18.9 Å². The number of aryl methyl sites for hydroxylation is 1. The smallest absolute Gasteiger partial charge is 0.336 e. The van der Waals surface area contributed by atoms with Crippen molar-refractivity contribution >= 4 is 57.4 Å². The quantitative estimate of drug-likeness (QED) is 0.278. The first-order valence-electron chi connectivity index (χ1n) is 7.89. The molecule has 0 saturated heterocycles. The maximum Gasteiger partial charge on any atom is 0.336 e. The van der Waals surface area contributed by atoms with E-state index in [9.17, 15) is 4.79 Å². The van der Waals surface area contributed by atoms with Crippen LogP contribution in [0.3, 0.4) is 0 Å². The lowest BCUT2D eigenvalue weighted by atomic mass is 10.1. The number of thioether (sulfide) groups is 2. The first-order valence-corrected chi connectivity index (χ1v) is 11.1. The third-order valence-corrected chi connectivity index (χ3v) is 7.30. The van der Waals surface area contributed by atoms with Gasteiger partial charge in [0.25, 0.3) is 0 Å².